The van der Waals surface area contributed by atoms with Crippen molar-refractivity contribution in [1.82, 2.24) is 0 Å². The summed E-state index contributed by atoms with van der Waals surface area (Å²) in [4.78, 5) is 0. The first kappa shape index (κ1) is 15.5. The maximum absolute atomic E-state index is 5.60. The van der Waals surface area contributed by atoms with Crippen molar-refractivity contribution < 1.29 is 14.2 Å². The molecule has 0 radical (unpaired) electrons. The summed E-state index contributed by atoms with van der Waals surface area (Å²) in [6.45, 7) is 5.23. The Morgan fingerprint density at radius 2 is 2.05 bits per heavy atom. The molecule has 0 aliphatic rings. The fourth-order valence-corrected chi connectivity index (χ4v) is 1.66. The fourth-order valence-electron chi connectivity index (χ4n) is 1.47. The molecule has 0 saturated carbocycles. The number of hydrogen-bond acceptors (Lipinski definition) is 4. The van der Waals surface area contributed by atoms with Gasteiger partial charge in [0.05, 0.1) is 20.3 Å². The van der Waals surface area contributed by atoms with Crippen LogP contribution in [0, 0.1) is 0 Å². The molecule has 0 unspecified atom stereocenters. The van der Waals surface area contributed by atoms with E-state index < -0.39 is 0 Å². The molecule has 1 rings (SSSR count). The summed E-state index contributed by atoms with van der Waals surface area (Å²) >= 11 is 5.03. The highest BCUT2D eigenvalue weighted by molar-refractivity contribution is 7.80. The average Bonchev–Trinajstić information content (AvgIpc) is 2.43. The molecule has 0 fully saturated rings. The molecule has 0 aliphatic carbocycles. The van der Waals surface area contributed by atoms with Crippen molar-refractivity contribution in [2.75, 3.05) is 20.3 Å². The van der Waals surface area contributed by atoms with E-state index in [1.165, 1.54) is 0 Å². The zero-order valence-electron chi connectivity index (χ0n) is 11.6. The lowest BCUT2D eigenvalue weighted by Gasteiger charge is -2.10. The number of ether oxygens (including phenoxy) is 3. The largest absolute Gasteiger partial charge is 0.493 e. The van der Waals surface area contributed by atoms with Crippen LogP contribution in [0.1, 0.15) is 25.8 Å². The van der Waals surface area contributed by atoms with E-state index in [9.17, 15) is 0 Å². The van der Waals surface area contributed by atoms with Crippen molar-refractivity contribution in [2.45, 2.75) is 20.3 Å². The minimum absolute atomic E-state index is 0.479. The van der Waals surface area contributed by atoms with E-state index in [1.807, 2.05) is 31.2 Å². The molecule has 1 aromatic carbocycles. The zero-order valence-corrected chi connectivity index (χ0v) is 12.5. The third kappa shape index (κ3) is 5.30. The highest BCUT2D eigenvalue weighted by atomic mass is 32.1. The van der Waals surface area contributed by atoms with Crippen LogP contribution >= 0.6 is 12.2 Å². The molecule has 3 nitrogen and oxygen atoms in total. The lowest BCUT2D eigenvalue weighted by atomic mass is 10.2. The zero-order chi connectivity index (χ0) is 14.1. The van der Waals surface area contributed by atoms with Crippen LogP contribution in [0.25, 0.3) is 6.08 Å². The van der Waals surface area contributed by atoms with Gasteiger partial charge in [0.15, 0.2) is 16.5 Å². The van der Waals surface area contributed by atoms with Gasteiger partial charge >= 0.3 is 0 Å². The second-order valence-corrected chi connectivity index (χ2v) is 4.25. The van der Waals surface area contributed by atoms with Crippen molar-refractivity contribution in [3.05, 3.63) is 29.8 Å². The van der Waals surface area contributed by atoms with Crippen LogP contribution in [-0.4, -0.2) is 25.4 Å². The van der Waals surface area contributed by atoms with Gasteiger partial charge in [-0.1, -0.05) is 19.1 Å². The van der Waals surface area contributed by atoms with Gasteiger partial charge in [0.2, 0.25) is 0 Å². The van der Waals surface area contributed by atoms with Crippen molar-refractivity contribution in [3.8, 4) is 11.5 Å². The summed E-state index contributed by atoms with van der Waals surface area (Å²) in [6.07, 6.45) is 4.62. The Bertz CT molecular complexity index is 441. The lowest BCUT2D eigenvalue weighted by Crippen LogP contribution is -1.98. The van der Waals surface area contributed by atoms with Gasteiger partial charge in [-0.3, -0.25) is 0 Å². The molecule has 0 aromatic heterocycles. The van der Waals surface area contributed by atoms with Gasteiger partial charge < -0.3 is 14.2 Å². The molecule has 0 saturated heterocycles. The number of benzene rings is 1. The predicted octanol–water partition coefficient (Wildman–Crippen LogP) is 3.86. The first-order valence-electron chi connectivity index (χ1n) is 6.37. The van der Waals surface area contributed by atoms with Crippen LogP contribution in [-0.2, 0) is 4.74 Å². The monoisotopic (exact) mass is 280 g/mol. The number of rotatable bonds is 7. The van der Waals surface area contributed by atoms with E-state index in [0.717, 1.165) is 23.5 Å². The summed E-state index contributed by atoms with van der Waals surface area (Å²) < 4.78 is 16.1. The Labute approximate surface area is 120 Å². The Balaban J connectivity index is 2.78. The highest BCUT2D eigenvalue weighted by Gasteiger charge is 2.04. The second kappa shape index (κ2) is 8.53. The maximum Gasteiger partial charge on any atom is 0.183 e. The smallest absolute Gasteiger partial charge is 0.183 e. The second-order valence-electron chi connectivity index (χ2n) is 3.84. The molecule has 0 bridgehead atoms. The molecule has 0 aliphatic heterocycles. The van der Waals surface area contributed by atoms with E-state index in [0.29, 0.717) is 18.3 Å². The van der Waals surface area contributed by atoms with E-state index in [2.05, 4.69) is 6.92 Å². The Kier molecular flexibility index (Phi) is 6.97. The summed E-state index contributed by atoms with van der Waals surface area (Å²) in [5.74, 6) is 1.48. The van der Waals surface area contributed by atoms with Crippen molar-refractivity contribution in [1.29, 1.82) is 0 Å². The Morgan fingerprint density at radius 3 is 2.68 bits per heavy atom. The summed E-state index contributed by atoms with van der Waals surface area (Å²) in [7, 11) is 1.63. The first-order valence-corrected chi connectivity index (χ1v) is 6.77. The van der Waals surface area contributed by atoms with Gasteiger partial charge in [0.25, 0.3) is 0 Å². The fraction of sp³-hybridized carbons (Fsp3) is 0.400. The molecule has 0 N–H and O–H groups in total. The topological polar surface area (TPSA) is 27.7 Å². The van der Waals surface area contributed by atoms with Crippen LogP contribution in [0.5, 0.6) is 11.5 Å². The molecule has 0 spiro atoms. The molecule has 19 heavy (non-hydrogen) atoms. The molecule has 0 atom stereocenters. The molecular weight excluding hydrogens is 260 g/mol. The van der Waals surface area contributed by atoms with Crippen LogP contribution < -0.4 is 9.47 Å². The van der Waals surface area contributed by atoms with E-state index in [-0.39, 0.29) is 0 Å². The van der Waals surface area contributed by atoms with Gasteiger partial charge in [-0.25, -0.2) is 0 Å². The van der Waals surface area contributed by atoms with Crippen LogP contribution in [0.15, 0.2) is 24.3 Å². The number of hydrogen-bond donors (Lipinski definition) is 0. The quantitative estimate of drug-likeness (QED) is 0.560. The Morgan fingerprint density at radius 1 is 1.26 bits per heavy atom. The van der Waals surface area contributed by atoms with E-state index in [1.54, 1.807) is 13.2 Å². The molecule has 0 heterocycles. The third-order valence-corrected chi connectivity index (χ3v) is 2.60. The summed E-state index contributed by atoms with van der Waals surface area (Å²) in [5, 5.41) is 0.479. The molecule has 1 aromatic rings. The van der Waals surface area contributed by atoms with E-state index in [4.69, 9.17) is 26.4 Å². The summed E-state index contributed by atoms with van der Waals surface area (Å²) in [6, 6.07) is 5.77. The van der Waals surface area contributed by atoms with Crippen molar-refractivity contribution in [2.24, 2.45) is 0 Å². The summed E-state index contributed by atoms with van der Waals surface area (Å²) in [5.41, 5.74) is 0.989. The lowest BCUT2D eigenvalue weighted by molar-refractivity contribution is 0.294. The maximum atomic E-state index is 5.60. The van der Waals surface area contributed by atoms with Crippen LogP contribution in [0.3, 0.4) is 0 Å². The molecule has 104 valence electrons. The van der Waals surface area contributed by atoms with Crippen molar-refractivity contribution in [3.63, 3.8) is 0 Å². The minimum Gasteiger partial charge on any atom is -0.493 e. The number of thiocarbonyl (C=S) groups is 1. The van der Waals surface area contributed by atoms with Crippen LogP contribution in [0.2, 0.25) is 0 Å². The Hall–Kier alpha value is -1.55. The third-order valence-electron chi connectivity index (χ3n) is 2.35. The molecule has 0 amide bonds. The minimum atomic E-state index is 0.479. The SMILES string of the molecule is CCCOc1ccc(C=CC(=S)OCC)cc1OC. The average molecular weight is 280 g/mol. The van der Waals surface area contributed by atoms with Gasteiger partial charge in [-0.2, -0.15) is 0 Å². The highest BCUT2D eigenvalue weighted by Crippen LogP contribution is 2.28. The standard InChI is InChI=1S/C15H20O3S/c1-4-10-18-13-8-6-12(11-14(13)16-3)7-9-15(19)17-5-2/h6-9,11H,4-5,10H2,1-3H3. The molecular formula is C15H20O3S. The predicted molar refractivity (Wildman–Crippen MR) is 82.0 cm³/mol. The first-order chi connectivity index (χ1) is 9.21. The van der Waals surface area contributed by atoms with Gasteiger partial charge in [-0.05, 0) is 49.3 Å². The van der Waals surface area contributed by atoms with Crippen LogP contribution in [0.4, 0.5) is 0 Å². The van der Waals surface area contributed by atoms with E-state index >= 15 is 0 Å². The molecule has 4 heteroatoms. The van der Waals surface area contributed by atoms with Gasteiger partial charge in [-0.15, -0.1) is 0 Å². The van der Waals surface area contributed by atoms with Crippen molar-refractivity contribution >= 4 is 23.3 Å². The van der Waals surface area contributed by atoms with Gasteiger partial charge in [0.1, 0.15) is 0 Å². The normalized spacial score (nSPS) is 10.5. The van der Waals surface area contributed by atoms with Gasteiger partial charge in [0, 0.05) is 0 Å². The number of methoxy groups -OCH3 is 1.